The lowest BCUT2D eigenvalue weighted by Crippen LogP contribution is -2.37. The van der Waals surface area contributed by atoms with Crippen molar-refractivity contribution in [1.29, 1.82) is 0 Å². The van der Waals surface area contributed by atoms with Crippen LogP contribution in [0.2, 0.25) is 0 Å². The first-order chi connectivity index (χ1) is 16.5. The van der Waals surface area contributed by atoms with Crippen LogP contribution in [0.1, 0.15) is 36.8 Å². The highest BCUT2D eigenvalue weighted by molar-refractivity contribution is 7.88. The van der Waals surface area contributed by atoms with Crippen LogP contribution in [-0.2, 0) is 28.5 Å². The van der Waals surface area contributed by atoms with Gasteiger partial charge in [-0.1, -0.05) is 25.1 Å². The van der Waals surface area contributed by atoms with Gasteiger partial charge in [0.2, 0.25) is 10.0 Å². The Morgan fingerprint density at radius 1 is 1.14 bits per heavy atom. The molecule has 3 aromatic rings. The van der Waals surface area contributed by atoms with Crippen LogP contribution in [0.25, 0.3) is 11.1 Å². The van der Waals surface area contributed by atoms with Gasteiger partial charge in [0.25, 0.3) is 0 Å². The maximum absolute atomic E-state index is 14.8. The van der Waals surface area contributed by atoms with E-state index in [1.807, 2.05) is 6.92 Å². The molecule has 1 aliphatic carbocycles. The number of nitrogens with one attached hydrogen (secondary N) is 1. The van der Waals surface area contributed by atoms with Crippen LogP contribution in [0.5, 0.6) is 5.75 Å². The standard InChI is InChI=1S/C25H27F2N3O4S/c1-15-10-18(30-35(2,33)34)13-25(15,24-28-9-8-17(14-31)29-24)12-16-6-7-21(26)20(11-16)19-4-3-5-22(27)23(19)32/h3-9,11,15,18,30-32H,10,12-14H2,1-2H3/t15-,18-,25+/m0/s1. The normalized spacial score (nSPS) is 22.4. The molecule has 10 heteroatoms. The molecule has 1 aliphatic rings. The van der Waals surface area contributed by atoms with Crippen LogP contribution in [0.15, 0.2) is 48.7 Å². The minimum atomic E-state index is -3.45. The first-order valence-corrected chi connectivity index (χ1v) is 13.1. The zero-order chi connectivity index (χ0) is 25.4. The maximum Gasteiger partial charge on any atom is 0.208 e. The molecule has 7 nitrogen and oxygen atoms in total. The van der Waals surface area contributed by atoms with Crippen LogP contribution in [0, 0.1) is 17.6 Å². The lowest BCUT2D eigenvalue weighted by molar-refractivity contribution is 0.270. The number of phenolic OH excluding ortho intramolecular Hbond substituents is 1. The molecule has 3 atom stereocenters. The predicted molar refractivity (Wildman–Crippen MR) is 127 cm³/mol. The first-order valence-electron chi connectivity index (χ1n) is 11.2. The van der Waals surface area contributed by atoms with E-state index in [1.165, 1.54) is 18.2 Å². The highest BCUT2D eigenvalue weighted by Crippen LogP contribution is 2.47. The lowest BCUT2D eigenvalue weighted by Gasteiger charge is -2.33. The topological polar surface area (TPSA) is 112 Å². The van der Waals surface area contributed by atoms with Gasteiger partial charge in [0.1, 0.15) is 11.6 Å². The Morgan fingerprint density at radius 3 is 2.63 bits per heavy atom. The second-order valence-corrected chi connectivity index (χ2v) is 11.0. The number of para-hydroxylation sites is 1. The average Bonchev–Trinajstić information content (AvgIpc) is 3.11. The van der Waals surface area contributed by atoms with Crippen molar-refractivity contribution in [2.75, 3.05) is 6.26 Å². The number of aromatic nitrogens is 2. The third kappa shape index (κ3) is 5.19. The third-order valence-corrected chi connectivity index (χ3v) is 7.48. The van der Waals surface area contributed by atoms with Crippen molar-refractivity contribution in [2.24, 2.45) is 5.92 Å². The van der Waals surface area contributed by atoms with Crippen molar-refractivity contribution >= 4 is 10.0 Å². The number of sulfonamides is 1. The summed E-state index contributed by atoms with van der Waals surface area (Å²) < 4.78 is 55.2. The summed E-state index contributed by atoms with van der Waals surface area (Å²) in [7, 11) is -3.45. The fraction of sp³-hybridized carbons (Fsp3) is 0.360. The summed E-state index contributed by atoms with van der Waals surface area (Å²) in [5.41, 5.74) is 0.497. The van der Waals surface area contributed by atoms with E-state index in [2.05, 4.69) is 14.7 Å². The molecule has 3 N–H and O–H groups in total. The number of aliphatic hydroxyl groups excluding tert-OH is 1. The Labute approximate surface area is 202 Å². The van der Waals surface area contributed by atoms with E-state index in [4.69, 9.17) is 0 Å². The predicted octanol–water partition coefficient (Wildman–Crippen LogP) is 3.45. The third-order valence-electron chi connectivity index (χ3n) is 6.72. The van der Waals surface area contributed by atoms with Gasteiger partial charge in [-0.05, 0) is 55.0 Å². The average molecular weight is 504 g/mol. The minimum absolute atomic E-state index is 0.0352. The molecular formula is C25H27F2N3O4S. The minimum Gasteiger partial charge on any atom is -0.504 e. The number of hydrogen-bond acceptors (Lipinski definition) is 6. The van der Waals surface area contributed by atoms with Crippen molar-refractivity contribution in [3.05, 3.63) is 77.4 Å². The van der Waals surface area contributed by atoms with Gasteiger partial charge in [0, 0.05) is 28.8 Å². The highest BCUT2D eigenvalue weighted by atomic mass is 32.2. The second kappa shape index (κ2) is 9.60. The van der Waals surface area contributed by atoms with Gasteiger partial charge in [-0.15, -0.1) is 0 Å². The molecule has 0 amide bonds. The van der Waals surface area contributed by atoms with Crippen molar-refractivity contribution in [3.63, 3.8) is 0 Å². The molecule has 0 aliphatic heterocycles. The van der Waals surface area contributed by atoms with Crippen LogP contribution in [0.3, 0.4) is 0 Å². The molecule has 0 spiro atoms. The zero-order valence-electron chi connectivity index (χ0n) is 19.4. The lowest BCUT2D eigenvalue weighted by atomic mass is 9.72. The summed E-state index contributed by atoms with van der Waals surface area (Å²) >= 11 is 0. The number of hydrogen-bond donors (Lipinski definition) is 3. The van der Waals surface area contributed by atoms with Crippen molar-refractivity contribution in [3.8, 4) is 16.9 Å². The van der Waals surface area contributed by atoms with Gasteiger partial charge >= 0.3 is 0 Å². The molecule has 35 heavy (non-hydrogen) atoms. The van der Waals surface area contributed by atoms with Crippen LogP contribution in [-0.4, -0.2) is 40.9 Å². The van der Waals surface area contributed by atoms with Crippen LogP contribution in [0.4, 0.5) is 8.78 Å². The van der Waals surface area contributed by atoms with Gasteiger partial charge in [0.05, 0.1) is 18.6 Å². The number of phenols is 1. The summed E-state index contributed by atoms with van der Waals surface area (Å²) in [6, 6.07) is 9.61. The van der Waals surface area contributed by atoms with Gasteiger partial charge < -0.3 is 10.2 Å². The van der Waals surface area contributed by atoms with Crippen molar-refractivity contribution < 1.29 is 27.4 Å². The Morgan fingerprint density at radius 2 is 1.91 bits per heavy atom. The van der Waals surface area contributed by atoms with E-state index in [9.17, 15) is 27.4 Å². The van der Waals surface area contributed by atoms with Gasteiger partial charge in [-0.2, -0.15) is 0 Å². The molecule has 0 saturated heterocycles. The second-order valence-electron chi connectivity index (χ2n) is 9.24. The van der Waals surface area contributed by atoms with Gasteiger partial charge in [0.15, 0.2) is 11.6 Å². The maximum atomic E-state index is 14.8. The number of aromatic hydroxyl groups is 1. The summed E-state index contributed by atoms with van der Waals surface area (Å²) in [5, 5.41) is 19.8. The largest absolute Gasteiger partial charge is 0.504 e. The van der Waals surface area contributed by atoms with E-state index in [0.29, 0.717) is 36.3 Å². The van der Waals surface area contributed by atoms with E-state index in [-0.39, 0.29) is 29.7 Å². The Hall–Kier alpha value is -2.95. The summed E-state index contributed by atoms with van der Waals surface area (Å²) in [6.07, 6.45) is 3.94. The van der Waals surface area contributed by atoms with Crippen LogP contribution >= 0.6 is 0 Å². The molecule has 1 fully saturated rings. The molecule has 0 bridgehead atoms. The molecule has 1 heterocycles. The quantitative estimate of drug-likeness (QED) is 0.455. The Kier molecular flexibility index (Phi) is 6.90. The number of aliphatic hydroxyl groups is 1. The van der Waals surface area contributed by atoms with E-state index < -0.39 is 32.8 Å². The number of nitrogens with zero attached hydrogens (tertiary/aromatic N) is 2. The van der Waals surface area contributed by atoms with Gasteiger partial charge in [-0.3, -0.25) is 0 Å². The van der Waals surface area contributed by atoms with E-state index in [1.54, 1.807) is 24.4 Å². The first kappa shape index (κ1) is 25.2. The van der Waals surface area contributed by atoms with Crippen LogP contribution < -0.4 is 4.72 Å². The SMILES string of the molecule is C[C@H]1C[C@H](NS(C)(=O)=O)C[C@@]1(Cc1ccc(F)c(-c2cccc(F)c2O)c1)c1nccc(CO)n1. The smallest absolute Gasteiger partial charge is 0.208 e. The molecule has 4 rings (SSSR count). The summed E-state index contributed by atoms with van der Waals surface area (Å²) in [6.45, 7) is 1.71. The number of benzene rings is 2. The van der Waals surface area contributed by atoms with Crippen molar-refractivity contribution in [1.82, 2.24) is 14.7 Å². The number of rotatable bonds is 7. The highest BCUT2D eigenvalue weighted by Gasteiger charge is 2.49. The molecule has 0 unspecified atom stereocenters. The molecular weight excluding hydrogens is 476 g/mol. The van der Waals surface area contributed by atoms with E-state index >= 15 is 0 Å². The monoisotopic (exact) mass is 503 g/mol. The molecule has 1 saturated carbocycles. The molecule has 1 aromatic heterocycles. The zero-order valence-corrected chi connectivity index (χ0v) is 20.2. The fourth-order valence-electron chi connectivity index (χ4n) is 5.12. The summed E-state index contributed by atoms with van der Waals surface area (Å²) in [4.78, 5) is 9.02. The molecule has 2 aromatic carbocycles. The molecule has 186 valence electrons. The fourth-order valence-corrected chi connectivity index (χ4v) is 5.90. The Balaban J connectivity index is 1.79. The molecule has 0 radical (unpaired) electrons. The Bertz CT molecular complexity index is 1350. The number of halogens is 2. The summed E-state index contributed by atoms with van der Waals surface area (Å²) in [5.74, 6) is -1.69. The van der Waals surface area contributed by atoms with E-state index in [0.717, 1.165) is 12.3 Å². The van der Waals surface area contributed by atoms with Gasteiger partial charge in [-0.25, -0.2) is 31.9 Å². The van der Waals surface area contributed by atoms with Crippen molar-refractivity contribution in [2.45, 2.75) is 44.2 Å².